The summed E-state index contributed by atoms with van der Waals surface area (Å²) in [5.74, 6) is 0. The van der Waals surface area contributed by atoms with E-state index in [4.69, 9.17) is 0 Å². The van der Waals surface area contributed by atoms with Crippen LogP contribution in [-0.4, -0.2) is 55.3 Å². The number of rotatable bonds is 5. The number of aryl methyl sites for hydroxylation is 4. The second kappa shape index (κ2) is 8.88. The molecule has 1 aromatic heterocycles. The van der Waals surface area contributed by atoms with Crippen molar-refractivity contribution in [3.63, 3.8) is 0 Å². The highest BCUT2D eigenvalue weighted by molar-refractivity contribution is 7.91. The molecule has 1 N–H and O–H groups in total. The van der Waals surface area contributed by atoms with Gasteiger partial charge in [0.15, 0.2) is 0 Å². The molecular formula is C24H33N6O3S-. The normalized spacial score (nSPS) is 20.9. The predicted molar refractivity (Wildman–Crippen MR) is 131 cm³/mol. The van der Waals surface area contributed by atoms with Gasteiger partial charge in [-0.25, -0.2) is 4.31 Å². The molecule has 1 fully saturated rings. The molecule has 0 bridgehead atoms. The van der Waals surface area contributed by atoms with Gasteiger partial charge < -0.3 is 15.3 Å². The van der Waals surface area contributed by atoms with Crippen LogP contribution < -0.4 is 14.7 Å². The van der Waals surface area contributed by atoms with Crippen molar-refractivity contribution in [3.8, 4) is 0 Å². The first-order valence-corrected chi connectivity index (χ1v) is 13.6. The summed E-state index contributed by atoms with van der Waals surface area (Å²) in [6.45, 7) is 3.27. The Balaban J connectivity index is 1.50. The van der Waals surface area contributed by atoms with Crippen LogP contribution in [-0.2, 0) is 42.9 Å². The van der Waals surface area contributed by atoms with Gasteiger partial charge in [-0.15, -0.1) is 4.40 Å². The summed E-state index contributed by atoms with van der Waals surface area (Å²) in [4.78, 5) is 2.11. The highest BCUT2D eigenvalue weighted by Gasteiger charge is 2.35. The van der Waals surface area contributed by atoms with Crippen LogP contribution >= 0.6 is 0 Å². The van der Waals surface area contributed by atoms with Crippen LogP contribution in [0, 0.1) is 6.92 Å². The van der Waals surface area contributed by atoms with Crippen LogP contribution in [0.3, 0.4) is 0 Å². The summed E-state index contributed by atoms with van der Waals surface area (Å²) in [7, 11) is -0.551. The fourth-order valence-electron chi connectivity index (χ4n) is 5.89. The van der Waals surface area contributed by atoms with E-state index in [-0.39, 0.29) is 6.04 Å². The van der Waals surface area contributed by atoms with Gasteiger partial charge in [0.25, 0.3) is 0 Å². The Kier molecular flexibility index (Phi) is 6.05. The lowest BCUT2D eigenvalue weighted by molar-refractivity contribution is -0.213. The summed E-state index contributed by atoms with van der Waals surface area (Å²) >= 11 is 0. The maximum Gasteiger partial charge on any atom is 0.345 e. The molecule has 2 aliphatic carbocycles. The standard InChI is InChI=1S/C24H34N6O3S/c1-16-22(15-29(3)26-16)30(19-9-6-12-28(2)14-19)34(32,33)27-24(31)25-23-20-10-4-7-17(20)13-18-8-5-11-21(18)23/h13,15,19H,4-12,14H2,1-3H3,(H2,25,27,31)/p-1. The minimum atomic E-state index is -4.29. The lowest BCUT2D eigenvalue weighted by atomic mass is 9.99. The van der Waals surface area contributed by atoms with Gasteiger partial charge in [-0.05, 0) is 94.1 Å². The smallest absolute Gasteiger partial charge is 0.345 e. The second-order valence-corrected chi connectivity index (χ2v) is 11.3. The molecule has 1 aliphatic heterocycles. The molecule has 10 heteroatoms. The zero-order valence-corrected chi connectivity index (χ0v) is 21.0. The molecule has 0 radical (unpaired) electrons. The Hall–Kier alpha value is -2.59. The molecule has 1 unspecified atom stereocenters. The maximum absolute atomic E-state index is 13.6. The number of piperidine rings is 1. The Morgan fingerprint density at radius 2 is 1.82 bits per heavy atom. The third-order valence-corrected chi connectivity index (χ3v) is 8.70. The molecule has 2 heterocycles. The van der Waals surface area contributed by atoms with Crippen LogP contribution in [0.4, 0.5) is 11.4 Å². The summed E-state index contributed by atoms with van der Waals surface area (Å²) in [6.07, 6.45) is 9.19. The molecule has 5 rings (SSSR count). The number of benzene rings is 1. The molecule has 0 amide bonds. The third kappa shape index (κ3) is 4.29. The number of aromatic nitrogens is 2. The van der Waals surface area contributed by atoms with Crippen molar-refractivity contribution in [3.05, 3.63) is 40.2 Å². The Morgan fingerprint density at radius 1 is 1.15 bits per heavy atom. The van der Waals surface area contributed by atoms with E-state index in [1.165, 1.54) is 15.4 Å². The van der Waals surface area contributed by atoms with E-state index in [2.05, 4.69) is 25.8 Å². The van der Waals surface area contributed by atoms with Crippen molar-refractivity contribution in [2.45, 2.75) is 64.3 Å². The van der Waals surface area contributed by atoms with Gasteiger partial charge in [0, 0.05) is 25.5 Å². The number of fused-ring (bicyclic) bond motifs is 2. The zero-order valence-electron chi connectivity index (χ0n) is 20.2. The van der Waals surface area contributed by atoms with Crippen LogP contribution in [0.5, 0.6) is 0 Å². The van der Waals surface area contributed by atoms with Crippen molar-refractivity contribution >= 4 is 27.6 Å². The van der Waals surface area contributed by atoms with E-state index >= 15 is 0 Å². The van der Waals surface area contributed by atoms with Crippen molar-refractivity contribution in [1.82, 2.24) is 14.7 Å². The topological polar surface area (TPSA) is 106 Å². The summed E-state index contributed by atoms with van der Waals surface area (Å²) < 4.78 is 33.9. The molecule has 3 aliphatic rings. The maximum atomic E-state index is 13.6. The molecule has 34 heavy (non-hydrogen) atoms. The highest BCUT2D eigenvalue weighted by atomic mass is 32.2. The van der Waals surface area contributed by atoms with Gasteiger partial charge in [0.2, 0.25) is 0 Å². The molecule has 0 saturated carbocycles. The van der Waals surface area contributed by atoms with E-state index in [1.807, 2.05) is 7.05 Å². The molecule has 1 saturated heterocycles. The molecule has 2 aromatic rings. The third-order valence-electron chi connectivity index (χ3n) is 7.31. The minimum Gasteiger partial charge on any atom is -0.845 e. The van der Waals surface area contributed by atoms with Crippen LogP contribution in [0.25, 0.3) is 0 Å². The number of nitrogens with one attached hydrogen (secondary N) is 1. The first kappa shape index (κ1) is 23.2. The number of amidine groups is 1. The Bertz CT molecular complexity index is 1200. The van der Waals surface area contributed by atoms with Crippen molar-refractivity contribution in [1.29, 1.82) is 0 Å². The number of anilines is 2. The molecule has 0 spiro atoms. The van der Waals surface area contributed by atoms with E-state index in [0.717, 1.165) is 68.3 Å². The first-order chi connectivity index (χ1) is 16.2. The lowest BCUT2D eigenvalue weighted by Crippen LogP contribution is -2.49. The summed E-state index contributed by atoms with van der Waals surface area (Å²) in [5, 5.41) is 20.3. The van der Waals surface area contributed by atoms with E-state index in [1.54, 1.807) is 24.9 Å². The number of hydrogen-bond donors (Lipinski definition) is 1. The average molecular weight is 486 g/mol. The molecule has 1 aromatic carbocycles. The van der Waals surface area contributed by atoms with Crippen molar-refractivity contribution in [2.24, 2.45) is 11.4 Å². The summed E-state index contributed by atoms with van der Waals surface area (Å²) in [6, 6.07) is 1.14. The van der Waals surface area contributed by atoms with Gasteiger partial charge in [0.05, 0.1) is 23.4 Å². The number of hydrogen-bond acceptors (Lipinski definition) is 5. The monoisotopic (exact) mass is 485 g/mol. The average Bonchev–Trinajstić information content (AvgIpc) is 3.48. The van der Waals surface area contributed by atoms with Gasteiger partial charge >= 0.3 is 10.2 Å². The first-order valence-electron chi connectivity index (χ1n) is 12.2. The Labute approximate surface area is 201 Å². The van der Waals surface area contributed by atoms with Crippen molar-refractivity contribution in [2.75, 3.05) is 29.8 Å². The number of likely N-dealkylation sites (tertiary alicyclic amines) is 1. The fourth-order valence-corrected chi connectivity index (χ4v) is 7.21. The Morgan fingerprint density at radius 3 is 2.41 bits per heavy atom. The van der Waals surface area contributed by atoms with Crippen LogP contribution in [0.1, 0.15) is 53.6 Å². The molecule has 9 nitrogen and oxygen atoms in total. The van der Waals surface area contributed by atoms with Gasteiger partial charge in [-0.1, -0.05) is 6.07 Å². The van der Waals surface area contributed by atoms with Gasteiger partial charge in [-0.3, -0.25) is 4.68 Å². The molecule has 184 valence electrons. The van der Waals surface area contributed by atoms with Crippen LogP contribution in [0.2, 0.25) is 0 Å². The quantitative estimate of drug-likeness (QED) is 0.510. The van der Waals surface area contributed by atoms with Crippen LogP contribution in [0.15, 0.2) is 16.7 Å². The van der Waals surface area contributed by atoms with E-state index in [0.29, 0.717) is 24.3 Å². The SMILES string of the molecule is Cc1nn(C)cc1N(C1CCCN(C)C1)S(=O)(=O)/N=C(\[O-])Nc1c2c(cc3c1CCC3)CCC2. The number of likely N-dealkylation sites (N-methyl/N-ethyl adjacent to an activating group) is 1. The molecular weight excluding hydrogens is 452 g/mol. The molecule has 1 atom stereocenters. The van der Waals surface area contributed by atoms with E-state index < -0.39 is 16.2 Å². The highest BCUT2D eigenvalue weighted by Crippen LogP contribution is 2.38. The lowest BCUT2D eigenvalue weighted by Gasteiger charge is -2.37. The minimum absolute atomic E-state index is 0.312. The number of nitrogens with zero attached hydrogens (tertiary/aromatic N) is 5. The van der Waals surface area contributed by atoms with Gasteiger partial charge in [-0.2, -0.15) is 13.5 Å². The summed E-state index contributed by atoms with van der Waals surface area (Å²) in [5.41, 5.74) is 6.71. The van der Waals surface area contributed by atoms with E-state index in [9.17, 15) is 13.5 Å². The van der Waals surface area contributed by atoms with Gasteiger partial charge in [0.1, 0.15) is 0 Å². The largest absolute Gasteiger partial charge is 0.845 e. The fraction of sp³-hybridized carbons (Fsp3) is 0.583. The van der Waals surface area contributed by atoms with Crippen molar-refractivity contribution < 1.29 is 13.5 Å². The zero-order chi connectivity index (χ0) is 24.0. The predicted octanol–water partition coefficient (Wildman–Crippen LogP) is 1.68. The second-order valence-electron chi connectivity index (χ2n) is 9.86.